The lowest BCUT2D eigenvalue weighted by Gasteiger charge is -2.27. The maximum Gasteiger partial charge on any atom is 0.333 e. The average Bonchev–Trinajstić information content (AvgIpc) is 2.46. The number of carboxylic acid groups (broad SMARTS) is 1. The fourth-order valence-electron chi connectivity index (χ4n) is 2.65. The number of carboxylic acids is 1. The zero-order chi connectivity index (χ0) is 17.2. The second-order valence-electron chi connectivity index (χ2n) is 5.46. The Balaban J connectivity index is 2.09. The summed E-state index contributed by atoms with van der Waals surface area (Å²) in [7, 11) is -4.95. The van der Waals surface area contributed by atoms with Gasteiger partial charge in [-0.3, -0.25) is 9.59 Å². The van der Waals surface area contributed by atoms with E-state index in [0.717, 1.165) is 18.2 Å². The van der Waals surface area contributed by atoms with Crippen molar-refractivity contribution in [3.63, 3.8) is 0 Å². The van der Waals surface area contributed by atoms with Gasteiger partial charge in [0.05, 0.1) is 10.9 Å². The average molecular weight is 364 g/mol. The van der Waals surface area contributed by atoms with E-state index in [0.29, 0.717) is 25.7 Å². The minimum absolute atomic E-state index is 0.0832. The van der Waals surface area contributed by atoms with Gasteiger partial charge in [0.15, 0.2) is 0 Å². The monoisotopic (exact) mass is 363 g/mol. The molecule has 0 aliphatic heterocycles. The van der Waals surface area contributed by atoms with Crippen molar-refractivity contribution in [3.8, 4) is 0 Å². The Labute approximate surface area is 137 Å². The molecule has 0 bridgehead atoms. The number of benzene rings is 1. The van der Waals surface area contributed by atoms with Gasteiger partial charge in [-0.05, 0) is 37.5 Å². The fourth-order valence-corrected chi connectivity index (χ4v) is 3.63. The van der Waals surface area contributed by atoms with Crippen LogP contribution in [0.2, 0.25) is 5.02 Å². The summed E-state index contributed by atoms with van der Waals surface area (Å²) < 4.78 is 34.6. The second kappa shape index (κ2) is 6.84. The van der Waals surface area contributed by atoms with Crippen LogP contribution in [0.15, 0.2) is 23.1 Å². The highest BCUT2D eigenvalue weighted by atomic mass is 35.5. The summed E-state index contributed by atoms with van der Waals surface area (Å²) in [4.78, 5) is 22.5. The quantitative estimate of drug-likeness (QED) is 0.800. The molecule has 2 N–H and O–H groups in total. The van der Waals surface area contributed by atoms with Crippen LogP contribution in [0, 0.1) is 5.92 Å². The molecule has 9 heteroatoms. The van der Waals surface area contributed by atoms with Crippen molar-refractivity contribution in [2.75, 3.05) is 0 Å². The third kappa shape index (κ3) is 4.42. The standard InChI is InChI=1S/C14H15ClFNO5S/c15-11-7-8(4-5-12(11)23(16,21)22)13(18)17-10-3-1-2-9(6-10)14(19)20/h4-5,7,9-10H,1-3,6H2,(H,17,18)(H,19,20)/t9-,10+/m0/s1. The van der Waals surface area contributed by atoms with Crippen molar-refractivity contribution < 1.29 is 27.0 Å². The molecule has 1 amide bonds. The molecule has 6 nitrogen and oxygen atoms in total. The van der Waals surface area contributed by atoms with E-state index < -0.39 is 32.9 Å². The van der Waals surface area contributed by atoms with Crippen LogP contribution in [-0.4, -0.2) is 31.4 Å². The summed E-state index contributed by atoms with van der Waals surface area (Å²) in [5, 5.41) is 11.3. The Morgan fingerprint density at radius 1 is 1.30 bits per heavy atom. The zero-order valence-corrected chi connectivity index (χ0v) is 13.5. The molecule has 1 aliphatic rings. The summed E-state index contributed by atoms with van der Waals surface area (Å²) in [6, 6.07) is 2.88. The van der Waals surface area contributed by atoms with Gasteiger partial charge in [-0.1, -0.05) is 18.0 Å². The van der Waals surface area contributed by atoms with Crippen LogP contribution in [-0.2, 0) is 15.0 Å². The molecular weight excluding hydrogens is 349 g/mol. The van der Waals surface area contributed by atoms with E-state index in [9.17, 15) is 21.9 Å². The Kier molecular flexibility index (Phi) is 5.26. The van der Waals surface area contributed by atoms with Gasteiger partial charge in [0.25, 0.3) is 5.91 Å². The Hall–Kier alpha value is -1.67. The molecule has 1 aliphatic carbocycles. The number of carbonyl (C=O) groups excluding carboxylic acids is 1. The topological polar surface area (TPSA) is 101 Å². The van der Waals surface area contributed by atoms with Crippen molar-refractivity contribution in [3.05, 3.63) is 28.8 Å². The van der Waals surface area contributed by atoms with Gasteiger partial charge in [-0.2, -0.15) is 8.42 Å². The molecule has 0 aromatic heterocycles. The highest BCUT2D eigenvalue weighted by Crippen LogP contribution is 2.26. The first-order valence-electron chi connectivity index (χ1n) is 6.96. The van der Waals surface area contributed by atoms with E-state index in [1.165, 1.54) is 0 Å². The van der Waals surface area contributed by atoms with Crippen LogP contribution < -0.4 is 5.32 Å². The maximum absolute atomic E-state index is 12.9. The van der Waals surface area contributed by atoms with E-state index in [1.54, 1.807) is 0 Å². The lowest BCUT2D eigenvalue weighted by atomic mass is 9.85. The first kappa shape index (κ1) is 17.7. The minimum Gasteiger partial charge on any atom is -0.481 e. The molecule has 1 aromatic rings. The lowest BCUT2D eigenvalue weighted by molar-refractivity contribution is -0.143. The lowest BCUT2D eigenvalue weighted by Crippen LogP contribution is -2.39. The molecule has 2 rings (SSSR count). The van der Waals surface area contributed by atoms with Crippen LogP contribution in [0.1, 0.15) is 36.0 Å². The predicted molar refractivity (Wildman–Crippen MR) is 80.6 cm³/mol. The van der Waals surface area contributed by atoms with Gasteiger partial charge >= 0.3 is 16.2 Å². The fraction of sp³-hybridized carbons (Fsp3) is 0.429. The Morgan fingerprint density at radius 3 is 2.57 bits per heavy atom. The van der Waals surface area contributed by atoms with Crippen molar-refractivity contribution >= 4 is 33.7 Å². The van der Waals surface area contributed by atoms with E-state index in [4.69, 9.17) is 16.7 Å². The summed E-state index contributed by atoms with van der Waals surface area (Å²) in [5.74, 6) is -1.88. The molecule has 0 unspecified atom stereocenters. The number of halogens is 2. The number of carbonyl (C=O) groups is 2. The molecule has 23 heavy (non-hydrogen) atoms. The first-order chi connectivity index (χ1) is 10.7. The zero-order valence-electron chi connectivity index (χ0n) is 12.0. The minimum atomic E-state index is -4.95. The highest BCUT2D eigenvalue weighted by molar-refractivity contribution is 7.86. The third-order valence-corrected chi connectivity index (χ3v) is 5.12. The molecule has 0 saturated heterocycles. The largest absolute Gasteiger partial charge is 0.481 e. The van der Waals surface area contributed by atoms with E-state index in [-0.39, 0.29) is 16.6 Å². The van der Waals surface area contributed by atoms with Gasteiger partial charge in [-0.25, -0.2) is 0 Å². The van der Waals surface area contributed by atoms with Crippen LogP contribution in [0.3, 0.4) is 0 Å². The number of hydrogen-bond donors (Lipinski definition) is 2. The SMILES string of the molecule is O=C(N[C@@H]1CCC[C@H](C(=O)O)C1)c1ccc(S(=O)(=O)F)c(Cl)c1. The van der Waals surface area contributed by atoms with E-state index >= 15 is 0 Å². The third-order valence-electron chi connectivity index (χ3n) is 3.82. The smallest absolute Gasteiger partial charge is 0.333 e. The van der Waals surface area contributed by atoms with E-state index in [1.807, 2.05) is 0 Å². The molecule has 0 spiro atoms. The molecule has 126 valence electrons. The molecule has 0 radical (unpaired) electrons. The van der Waals surface area contributed by atoms with Gasteiger partial charge in [-0.15, -0.1) is 3.89 Å². The number of rotatable bonds is 4. The van der Waals surface area contributed by atoms with Crippen LogP contribution in [0.4, 0.5) is 3.89 Å². The molecule has 2 atom stereocenters. The highest BCUT2D eigenvalue weighted by Gasteiger charge is 2.28. The molecule has 0 heterocycles. The van der Waals surface area contributed by atoms with E-state index in [2.05, 4.69) is 5.32 Å². The molecule has 1 saturated carbocycles. The number of nitrogens with one attached hydrogen (secondary N) is 1. The number of amides is 1. The van der Waals surface area contributed by atoms with Gasteiger partial charge in [0, 0.05) is 11.6 Å². The van der Waals surface area contributed by atoms with Crippen LogP contribution in [0.5, 0.6) is 0 Å². The normalized spacial score (nSPS) is 21.7. The summed E-state index contributed by atoms with van der Waals surface area (Å²) in [6.45, 7) is 0. The predicted octanol–water partition coefficient (Wildman–Crippen LogP) is 2.37. The number of hydrogen-bond acceptors (Lipinski definition) is 4. The summed E-state index contributed by atoms with van der Waals surface area (Å²) in [5.41, 5.74) is 0.0832. The van der Waals surface area contributed by atoms with Crippen molar-refractivity contribution in [1.82, 2.24) is 5.32 Å². The first-order valence-corrected chi connectivity index (χ1v) is 8.72. The summed E-state index contributed by atoms with van der Waals surface area (Å²) >= 11 is 5.69. The number of aliphatic carboxylic acids is 1. The van der Waals surface area contributed by atoms with Crippen molar-refractivity contribution in [2.45, 2.75) is 36.6 Å². The van der Waals surface area contributed by atoms with Crippen molar-refractivity contribution in [2.24, 2.45) is 5.92 Å². The van der Waals surface area contributed by atoms with Gasteiger partial charge in [0.2, 0.25) is 0 Å². The Morgan fingerprint density at radius 2 is 2.00 bits per heavy atom. The molecular formula is C14H15ClFNO5S. The Bertz CT molecular complexity index is 737. The van der Waals surface area contributed by atoms with Gasteiger partial charge in [0.1, 0.15) is 4.90 Å². The molecule has 1 aromatic carbocycles. The summed E-state index contributed by atoms with van der Waals surface area (Å²) in [6.07, 6.45) is 2.28. The second-order valence-corrected chi connectivity index (χ2v) is 7.18. The van der Waals surface area contributed by atoms with Crippen LogP contribution >= 0.6 is 11.6 Å². The molecule has 1 fully saturated rings. The van der Waals surface area contributed by atoms with Crippen molar-refractivity contribution in [1.29, 1.82) is 0 Å². The van der Waals surface area contributed by atoms with Gasteiger partial charge < -0.3 is 10.4 Å². The van der Waals surface area contributed by atoms with Crippen LogP contribution in [0.25, 0.3) is 0 Å². The maximum atomic E-state index is 12.9.